The molecule has 1 atom stereocenters. The van der Waals surface area contributed by atoms with Gasteiger partial charge < -0.3 is 10.6 Å². The van der Waals surface area contributed by atoms with Gasteiger partial charge in [-0.3, -0.25) is 9.69 Å². The largest absolute Gasteiger partial charge is 0.345 e. The van der Waals surface area contributed by atoms with Gasteiger partial charge in [-0.2, -0.15) is 0 Å². The zero-order valence-corrected chi connectivity index (χ0v) is 13.0. The molecule has 0 saturated carbocycles. The second kappa shape index (κ2) is 6.19. The molecule has 1 aliphatic rings. The van der Waals surface area contributed by atoms with Crippen molar-refractivity contribution in [3.05, 3.63) is 52.2 Å². The zero-order valence-electron chi connectivity index (χ0n) is 12.2. The summed E-state index contributed by atoms with van der Waals surface area (Å²) >= 11 is 1.62. The highest BCUT2D eigenvalue weighted by Crippen LogP contribution is 2.20. The number of urea groups is 1. The van der Waals surface area contributed by atoms with Crippen molar-refractivity contribution in [2.75, 3.05) is 18.0 Å². The van der Waals surface area contributed by atoms with Crippen LogP contribution in [0.25, 0.3) is 0 Å². The summed E-state index contributed by atoms with van der Waals surface area (Å²) in [6, 6.07) is 11.0. The number of thiophene rings is 1. The molecule has 3 amide bonds. The van der Waals surface area contributed by atoms with Gasteiger partial charge in [0.05, 0.1) is 6.04 Å². The lowest BCUT2D eigenvalue weighted by Crippen LogP contribution is -2.28. The maximum absolute atomic E-state index is 12.2. The maximum Gasteiger partial charge on any atom is 0.321 e. The summed E-state index contributed by atoms with van der Waals surface area (Å²) < 4.78 is 0. The van der Waals surface area contributed by atoms with Gasteiger partial charge in [0, 0.05) is 29.2 Å². The van der Waals surface area contributed by atoms with Crippen LogP contribution in [0.3, 0.4) is 0 Å². The lowest BCUT2D eigenvalue weighted by atomic mass is 10.1. The molecule has 1 aliphatic heterocycles. The highest BCUT2D eigenvalue weighted by Gasteiger charge is 2.21. The predicted octanol–water partition coefficient (Wildman–Crippen LogP) is 2.77. The molecule has 2 N–H and O–H groups in total. The van der Waals surface area contributed by atoms with Crippen molar-refractivity contribution in [1.29, 1.82) is 0 Å². The first kappa shape index (κ1) is 14.6. The van der Waals surface area contributed by atoms with Crippen LogP contribution in [0.5, 0.6) is 0 Å². The van der Waals surface area contributed by atoms with E-state index in [1.165, 1.54) is 0 Å². The molecular weight excluding hydrogens is 298 g/mol. The Bertz CT molecular complexity index is 667. The van der Waals surface area contributed by atoms with Crippen LogP contribution in [0.15, 0.2) is 41.8 Å². The maximum atomic E-state index is 12.2. The molecule has 3 rings (SSSR count). The van der Waals surface area contributed by atoms with Crippen LogP contribution in [-0.4, -0.2) is 25.0 Å². The molecule has 0 aliphatic carbocycles. The summed E-state index contributed by atoms with van der Waals surface area (Å²) in [5.41, 5.74) is 1.39. The summed E-state index contributed by atoms with van der Waals surface area (Å²) in [7, 11) is 0. The topological polar surface area (TPSA) is 61.4 Å². The van der Waals surface area contributed by atoms with Crippen LogP contribution in [0, 0.1) is 0 Å². The second-order valence-corrected chi connectivity index (χ2v) is 6.12. The summed E-state index contributed by atoms with van der Waals surface area (Å²) in [4.78, 5) is 26.6. The highest BCUT2D eigenvalue weighted by atomic mass is 32.1. The molecule has 0 bridgehead atoms. The molecule has 6 heteroatoms. The first-order valence-electron chi connectivity index (χ1n) is 7.15. The Balaban J connectivity index is 1.67. The van der Waals surface area contributed by atoms with E-state index in [2.05, 4.69) is 10.6 Å². The van der Waals surface area contributed by atoms with Gasteiger partial charge in [-0.15, -0.1) is 11.3 Å². The molecule has 1 aromatic heterocycles. The Kier molecular flexibility index (Phi) is 4.11. The summed E-state index contributed by atoms with van der Waals surface area (Å²) in [5.74, 6) is -0.113. The van der Waals surface area contributed by atoms with E-state index in [1.807, 2.05) is 24.4 Å². The number of carbonyl (C=O) groups is 2. The lowest BCUT2D eigenvalue weighted by Gasteiger charge is -2.15. The molecule has 1 fully saturated rings. The minimum absolute atomic E-state index is 0.0171. The van der Waals surface area contributed by atoms with Gasteiger partial charge in [0.15, 0.2) is 0 Å². The molecule has 1 unspecified atom stereocenters. The average Bonchev–Trinajstić information content (AvgIpc) is 3.18. The van der Waals surface area contributed by atoms with Crippen molar-refractivity contribution < 1.29 is 9.59 Å². The van der Waals surface area contributed by atoms with Gasteiger partial charge in [0.2, 0.25) is 0 Å². The minimum Gasteiger partial charge on any atom is -0.345 e. The van der Waals surface area contributed by atoms with Crippen LogP contribution in [0.2, 0.25) is 0 Å². The highest BCUT2D eigenvalue weighted by molar-refractivity contribution is 7.10. The fourth-order valence-electron chi connectivity index (χ4n) is 2.40. The van der Waals surface area contributed by atoms with E-state index in [0.717, 1.165) is 10.6 Å². The van der Waals surface area contributed by atoms with Crippen LogP contribution in [0.4, 0.5) is 10.5 Å². The van der Waals surface area contributed by atoms with Crippen molar-refractivity contribution in [2.24, 2.45) is 0 Å². The number of nitrogens with zero attached hydrogens (tertiary/aromatic N) is 1. The third-order valence-corrected chi connectivity index (χ3v) is 4.67. The van der Waals surface area contributed by atoms with Crippen molar-refractivity contribution in [3.63, 3.8) is 0 Å². The van der Waals surface area contributed by atoms with Gasteiger partial charge in [0.1, 0.15) is 0 Å². The Morgan fingerprint density at radius 1 is 1.32 bits per heavy atom. The number of carbonyl (C=O) groups excluding carboxylic acids is 2. The fourth-order valence-corrected chi connectivity index (χ4v) is 3.13. The number of nitrogens with one attached hydrogen (secondary N) is 2. The fraction of sp³-hybridized carbons (Fsp3) is 0.250. The number of hydrogen-bond acceptors (Lipinski definition) is 3. The van der Waals surface area contributed by atoms with Gasteiger partial charge in [0.25, 0.3) is 5.91 Å². The number of benzene rings is 1. The average molecular weight is 315 g/mol. The summed E-state index contributed by atoms with van der Waals surface area (Å²) in [6.07, 6.45) is 0. The molecule has 5 nitrogen and oxygen atoms in total. The van der Waals surface area contributed by atoms with Crippen molar-refractivity contribution >= 4 is 29.0 Å². The number of amides is 3. The van der Waals surface area contributed by atoms with Crippen molar-refractivity contribution in [1.82, 2.24) is 10.6 Å². The van der Waals surface area contributed by atoms with E-state index in [1.54, 1.807) is 40.5 Å². The molecule has 114 valence electrons. The molecule has 1 aromatic carbocycles. The molecular formula is C16H17N3O2S. The van der Waals surface area contributed by atoms with Crippen molar-refractivity contribution in [3.8, 4) is 0 Å². The first-order chi connectivity index (χ1) is 10.6. The normalized spacial score (nSPS) is 15.5. The summed E-state index contributed by atoms with van der Waals surface area (Å²) in [6.45, 7) is 3.27. The van der Waals surface area contributed by atoms with Gasteiger partial charge >= 0.3 is 6.03 Å². The third-order valence-electron chi connectivity index (χ3n) is 3.62. The van der Waals surface area contributed by atoms with Gasteiger partial charge in [-0.1, -0.05) is 6.07 Å². The zero-order chi connectivity index (χ0) is 15.5. The van der Waals surface area contributed by atoms with Crippen LogP contribution >= 0.6 is 11.3 Å². The van der Waals surface area contributed by atoms with E-state index in [0.29, 0.717) is 18.7 Å². The lowest BCUT2D eigenvalue weighted by molar-refractivity contribution is 0.0940. The van der Waals surface area contributed by atoms with E-state index >= 15 is 0 Å². The molecule has 2 heterocycles. The Morgan fingerprint density at radius 3 is 2.68 bits per heavy atom. The predicted molar refractivity (Wildman–Crippen MR) is 87.4 cm³/mol. The Hall–Kier alpha value is -2.34. The minimum atomic E-state index is -0.113. The number of hydrogen-bond donors (Lipinski definition) is 2. The monoisotopic (exact) mass is 315 g/mol. The SMILES string of the molecule is CC(NC(=O)c1ccc(N2CCNC2=O)cc1)c1cccs1. The van der Waals surface area contributed by atoms with Gasteiger partial charge in [-0.25, -0.2) is 4.79 Å². The molecule has 0 radical (unpaired) electrons. The third kappa shape index (κ3) is 2.96. The standard InChI is InChI=1S/C16H17N3O2S/c1-11(14-3-2-10-22-14)18-15(20)12-4-6-13(7-5-12)19-9-8-17-16(19)21/h2-7,10-11H,8-9H2,1H3,(H,17,21)(H,18,20). The Morgan fingerprint density at radius 2 is 2.09 bits per heavy atom. The Labute approximate surface area is 132 Å². The van der Waals surface area contributed by atoms with Gasteiger partial charge in [-0.05, 0) is 42.6 Å². The van der Waals surface area contributed by atoms with Crippen LogP contribution < -0.4 is 15.5 Å². The van der Waals surface area contributed by atoms with E-state index in [-0.39, 0.29) is 18.0 Å². The van der Waals surface area contributed by atoms with E-state index in [9.17, 15) is 9.59 Å². The van der Waals surface area contributed by atoms with Crippen molar-refractivity contribution in [2.45, 2.75) is 13.0 Å². The number of anilines is 1. The number of rotatable bonds is 4. The quantitative estimate of drug-likeness (QED) is 0.911. The van der Waals surface area contributed by atoms with Crippen LogP contribution in [0.1, 0.15) is 28.2 Å². The van der Waals surface area contributed by atoms with E-state index < -0.39 is 0 Å². The molecule has 0 spiro atoms. The van der Waals surface area contributed by atoms with E-state index in [4.69, 9.17) is 0 Å². The summed E-state index contributed by atoms with van der Waals surface area (Å²) in [5, 5.41) is 7.72. The molecule has 22 heavy (non-hydrogen) atoms. The second-order valence-electron chi connectivity index (χ2n) is 5.14. The first-order valence-corrected chi connectivity index (χ1v) is 8.03. The molecule has 2 aromatic rings. The van der Waals surface area contributed by atoms with Crippen LogP contribution in [-0.2, 0) is 0 Å². The molecule has 1 saturated heterocycles. The smallest absolute Gasteiger partial charge is 0.321 e.